The smallest absolute Gasteiger partial charge is 1.00 e. The van der Waals surface area contributed by atoms with Crippen molar-refractivity contribution in [2.45, 2.75) is 0 Å². The van der Waals surface area contributed by atoms with Gasteiger partial charge in [-0.1, -0.05) is 0 Å². The molecule has 0 aliphatic rings. The van der Waals surface area contributed by atoms with Crippen LogP contribution in [0.2, 0.25) is 0 Å². The van der Waals surface area contributed by atoms with Gasteiger partial charge in [0, 0.05) is 19.5 Å². The Kier molecular flexibility index (Phi) is 21.9. The monoisotopic (exact) mass is 168 g/mol. The molecule has 0 aromatic heterocycles. The quantitative estimate of drug-likeness (QED) is 0.304. The van der Waals surface area contributed by atoms with Crippen molar-refractivity contribution in [2.75, 3.05) is 0 Å². The third-order valence-corrected chi connectivity index (χ3v) is 0.0781. The number of hydrogen-bond donors (Lipinski definition) is 2. The molecule has 0 atom stereocenters. The van der Waals surface area contributed by atoms with Gasteiger partial charge in [0.25, 0.3) is 0 Å². The zero-order valence-electron chi connectivity index (χ0n) is 5.63. The topological polar surface area (TPSA) is 66.8 Å². The molecule has 0 bridgehead atoms. The molecule has 0 saturated carbocycles. The van der Waals surface area contributed by atoms with Crippen LogP contribution in [0.25, 0.3) is 0 Å². The van der Waals surface area contributed by atoms with Gasteiger partial charge >= 0.3 is 29.2 Å². The Morgan fingerprint density at radius 2 is 1.86 bits per heavy atom. The van der Waals surface area contributed by atoms with E-state index in [4.69, 9.17) is 15.2 Å². The van der Waals surface area contributed by atoms with Crippen molar-refractivity contribution < 1.29 is 42.4 Å². The van der Waals surface area contributed by atoms with Gasteiger partial charge in [-0.05, 0) is 0 Å². The predicted molar refractivity (Wildman–Crippen MR) is 19.7 cm³/mol. The molecular weight excluding hydrogens is 166 g/mol. The van der Waals surface area contributed by atoms with Gasteiger partial charge in [-0.3, -0.25) is 4.89 Å². The maximum absolute atomic E-state index is 8.90. The summed E-state index contributed by atoms with van der Waals surface area (Å²) in [6.07, 6.45) is -1.69. The Bertz CT molecular complexity index is 53.8. The Hall–Kier alpha value is 0.620. The molecule has 0 fully saturated rings. The van der Waals surface area contributed by atoms with E-state index in [2.05, 4.69) is 4.89 Å². The average Bonchev–Trinajstić information content (AvgIpc) is 1.38. The Morgan fingerprint density at radius 3 is 1.86 bits per heavy atom. The molecule has 36 valence electrons. The molecule has 0 aromatic rings. The second-order valence-electron chi connectivity index (χ2n) is 0.357. The van der Waals surface area contributed by atoms with Gasteiger partial charge in [0.1, 0.15) is 0 Å². The molecule has 0 aliphatic carbocycles. The summed E-state index contributed by atoms with van der Waals surface area (Å²) in [5.74, 6) is 0. The molecule has 0 saturated heterocycles. The van der Waals surface area contributed by atoms with Gasteiger partial charge in [0.2, 0.25) is 0 Å². The van der Waals surface area contributed by atoms with Crippen molar-refractivity contribution in [1.82, 2.24) is 0 Å². The first-order valence-electron chi connectivity index (χ1n) is 0.814. The largest absolute Gasteiger partial charge is 2.00 e. The molecule has 0 spiro atoms. The Balaban J connectivity index is -0.0000000133. The van der Waals surface area contributed by atoms with Crippen LogP contribution in [0.15, 0.2) is 0 Å². The van der Waals surface area contributed by atoms with Crippen LogP contribution >= 0.6 is 0 Å². The first-order chi connectivity index (χ1) is 2.27. The van der Waals surface area contributed by atoms with Crippen LogP contribution in [0.1, 0.15) is 2.85 Å². The first-order valence-corrected chi connectivity index (χ1v) is 0.814. The fraction of sp³-hybridized carbons (Fsp3) is 0. The third-order valence-electron chi connectivity index (χ3n) is 0.0781. The van der Waals surface area contributed by atoms with Crippen LogP contribution in [-0.4, -0.2) is 39.6 Å². The summed E-state index contributed by atoms with van der Waals surface area (Å²) in [5, 5.41) is 14.3. The van der Waals surface area contributed by atoms with Crippen LogP contribution < -0.4 is 0 Å². The fourth-order valence-corrected chi connectivity index (χ4v) is 0. The Labute approximate surface area is 71.7 Å². The molecule has 0 aromatic carbocycles. The SMILES string of the molecule is O=C(O)OO.[H-].[H-].[Mg+2].[Zn]. The van der Waals surface area contributed by atoms with E-state index in [9.17, 15) is 0 Å². The van der Waals surface area contributed by atoms with E-state index in [0.717, 1.165) is 0 Å². The average molecular weight is 170 g/mol. The number of rotatable bonds is 0. The summed E-state index contributed by atoms with van der Waals surface area (Å²) in [6, 6.07) is 0. The number of carboxylic acid groups (broad SMARTS) is 1. The zero-order valence-corrected chi connectivity index (χ0v) is 8.01. The summed E-state index contributed by atoms with van der Waals surface area (Å²) in [7, 11) is 0. The van der Waals surface area contributed by atoms with E-state index in [1.54, 1.807) is 0 Å². The molecule has 7 heavy (non-hydrogen) atoms. The summed E-state index contributed by atoms with van der Waals surface area (Å²) >= 11 is 0. The van der Waals surface area contributed by atoms with Crippen LogP contribution in [0.3, 0.4) is 0 Å². The van der Waals surface area contributed by atoms with Gasteiger partial charge in [-0.2, -0.15) is 5.26 Å². The first kappa shape index (κ1) is 15.6. The van der Waals surface area contributed by atoms with Crippen LogP contribution in [0, 0.1) is 0 Å². The molecule has 2 N–H and O–H groups in total. The zero-order chi connectivity index (χ0) is 4.28. The van der Waals surface area contributed by atoms with Crippen molar-refractivity contribution in [3.8, 4) is 0 Å². The van der Waals surface area contributed by atoms with Crippen molar-refractivity contribution >= 4 is 29.2 Å². The molecule has 0 unspecified atom stereocenters. The summed E-state index contributed by atoms with van der Waals surface area (Å²) in [5.41, 5.74) is 0. The van der Waals surface area contributed by atoms with E-state index in [1.165, 1.54) is 0 Å². The maximum atomic E-state index is 8.90. The van der Waals surface area contributed by atoms with Crippen molar-refractivity contribution in [1.29, 1.82) is 0 Å². The van der Waals surface area contributed by atoms with Crippen molar-refractivity contribution in [3.05, 3.63) is 0 Å². The molecule has 4 nitrogen and oxygen atoms in total. The van der Waals surface area contributed by atoms with Crippen molar-refractivity contribution in [2.24, 2.45) is 0 Å². The second kappa shape index (κ2) is 9.80. The predicted octanol–water partition coefficient (Wildman–Crippen LogP) is -0.00430. The maximum Gasteiger partial charge on any atom is 2.00 e. The van der Waals surface area contributed by atoms with Crippen LogP contribution in [0.4, 0.5) is 4.79 Å². The van der Waals surface area contributed by atoms with Gasteiger partial charge < -0.3 is 7.96 Å². The number of hydrogen-bond acceptors (Lipinski definition) is 3. The minimum atomic E-state index is -1.69. The minimum Gasteiger partial charge on any atom is -1.00 e. The normalized spacial score (nSPS) is 4.71. The molecule has 6 heteroatoms. The molecule has 0 rings (SSSR count). The van der Waals surface area contributed by atoms with Gasteiger partial charge in [0.05, 0.1) is 0 Å². The standard InChI is InChI=1S/CH2O4.Mg.Zn.2H/c2-1(3)5-4;;;;/h4H,(H,2,3);;;;/q;+2;;2*-1. The van der Waals surface area contributed by atoms with Crippen LogP contribution in [-0.2, 0) is 24.4 Å². The van der Waals surface area contributed by atoms with Gasteiger partial charge in [-0.25, -0.2) is 4.79 Å². The minimum absolute atomic E-state index is 0. The second-order valence-corrected chi connectivity index (χ2v) is 0.357. The summed E-state index contributed by atoms with van der Waals surface area (Å²) in [6.45, 7) is 0. The molecule has 0 heterocycles. The van der Waals surface area contributed by atoms with E-state index in [0.29, 0.717) is 0 Å². The number of carbonyl (C=O) groups is 1. The summed E-state index contributed by atoms with van der Waals surface area (Å²) < 4.78 is 0. The van der Waals surface area contributed by atoms with E-state index in [1.807, 2.05) is 0 Å². The molecule has 0 radical (unpaired) electrons. The van der Waals surface area contributed by atoms with E-state index >= 15 is 0 Å². The van der Waals surface area contributed by atoms with Crippen molar-refractivity contribution in [3.63, 3.8) is 0 Å². The van der Waals surface area contributed by atoms with Gasteiger partial charge in [0.15, 0.2) is 0 Å². The molecule has 0 amide bonds. The molecular formula is CH4MgO4Zn. The van der Waals surface area contributed by atoms with E-state index in [-0.39, 0.29) is 45.4 Å². The molecule has 0 aliphatic heterocycles. The third kappa shape index (κ3) is 20.6. The fourth-order valence-electron chi connectivity index (χ4n) is 0. The van der Waals surface area contributed by atoms with E-state index < -0.39 is 6.16 Å². The summed E-state index contributed by atoms with van der Waals surface area (Å²) in [4.78, 5) is 11.6. The van der Waals surface area contributed by atoms with Crippen LogP contribution in [0.5, 0.6) is 0 Å². The van der Waals surface area contributed by atoms with Gasteiger partial charge in [-0.15, -0.1) is 0 Å². The Morgan fingerprint density at radius 1 is 1.71 bits per heavy atom.